The minimum atomic E-state index is -0.372. The van der Waals surface area contributed by atoms with E-state index >= 15 is 0 Å². The van der Waals surface area contributed by atoms with Gasteiger partial charge in [-0.15, -0.1) is 0 Å². The van der Waals surface area contributed by atoms with Crippen molar-refractivity contribution in [1.82, 2.24) is 0 Å². The van der Waals surface area contributed by atoms with E-state index in [-0.39, 0.29) is 6.10 Å². The van der Waals surface area contributed by atoms with Gasteiger partial charge < -0.3 is 4.43 Å². The number of hydrogen-bond acceptors (Lipinski definition) is 2. The molecule has 0 radical (unpaired) electrons. The molecule has 1 aromatic rings. The molecule has 0 aliphatic rings. The first-order valence-corrected chi connectivity index (χ1v) is 4.17. The molecule has 0 aliphatic heterocycles. The molecule has 0 amide bonds. The molecule has 0 aromatic heterocycles. The Morgan fingerprint density at radius 1 is 1.36 bits per heavy atom. The van der Waals surface area contributed by atoms with Crippen LogP contribution < -0.4 is 0 Å². The molecule has 0 heterocycles. The molecule has 0 saturated carbocycles. The number of nitrogens with zero attached hydrogens (tertiary/aromatic N) is 1. The first-order chi connectivity index (χ1) is 5.38. The van der Waals surface area contributed by atoms with Gasteiger partial charge >= 0.3 is 0 Å². The molecular weight excluding hydrogens is 154 g/mol. The zero-order chi connectivity index (χ0) is 8.10. The SMILES string of the molecule is N#CC(O[SiH3])c1ccccc1. The molecular formula is C8H9NOSi. The van der Waals surface area contributed by atoms with Gasteiger partial charge in [-0.25, -0.2) is 0 Å². The lowest BCUT2D eigenvalue weighted by atomic mass is 10.1. The average Bonchev–Trinajstić information content (AvgIpc) is 2.09. The summed E-state index contributed by atoms with van der Waals surface area (Å²) < 4.78 is 5.06. The average molecular weight is 163 g/mol. The summed E-state index contributed by atoms with van der Waals surface area (Å²) in [5.41, 5.74) is 0.935. The maximum Gasteiger partial charge on any atom is 0.158 e. The minimum absolute atomic E-state index is 0.372. The van der Waals surface area contributed by atoms with Gasteiger partial charge in [-0.3, -0.25) is 0 Å². The van der Waals surface area contributed by atoms with Gasteiger partial charge in [0, 0.05) is 0 Å². The molecule has 0 fully saturated rings. The summed E-state index contributed by atoms with van der Waals surface area (Å²) in [6.07, 6.45) is -0.372. The summed E-state index contributed by atoms with van der Waals surface area (Å²) in [7, 11) is 0.594. The zero-order valence-electron chi connectivity index (χ0n) is 6.32. The van der Waals surface area contributed by atoms with Crippen molar-refractivity contribution in [2.75, 3.05) is 0 Å². The zero-order valence-corrected chi connectivity index (χ0v) is 8.32. The Labute approximate surface area is 69.0 Å². The second-order valence-corrected chi connectivity index (χ2v) is 2.63. The standard InChI is InChI=1S/C8H9NOSi/c9-6-8(10-11)7-4-2-1-3-5-7/h1-5,8H,11H3. The highest BCUT2D eigenvalue weighted by Crippen LogP contribution is 2.13. The van der Waals surface area contributed by atoms with Gasteiger partial charge in [0.25, 0.3) is 0 Å². The topological polar surface area (TPSA) is 33.0 Å². The van der Waals surface area contributed by atoms with Crippen LogP contribution in [0.1, 0.15) is 11.7 Å². The fourth-order valence-electron chi connectivity index (χ4n) is 0.891. The van der Waals surface area contributed by atoms with Crippen LogP contribution >= 0.6 is 0 Å². The van der Waals surface area contributed by atoms with Gasteiger partial charge in [0.1, 0.15) is 10.5 Å². The van der Waals surface area contributed by atoms with E-state index in [4.69, 9.17) is 9.69 Å². The van der Waals surface area contributed by atoms with Crippen molar-refractivity contribution in [2.45, 2.75) is 6.10 Å². The molecule has 0 spiro atoms. The maximum absolute atomic E-state index is 8.63. The molecule has 3 heteroatoms. The Bertz CT molecular complexity index is 255. The summed E-state index contributed by atoms with van der Waals surface area (Å²) in [6.45, 7) is 0. The third kappa shape index (κ3) is 1.90. The highest BCUT2D eigenvalue weighted by atomic mass is 28.2. The third-order valence-electron chi connectivity index (χ3n) is 1.46. The van der Waals surface area contributed by atoms with E-state index in [9.17, 15) is 0 Å². The minimum Gasteiger partial charge on any atom is -0.409 e. The highest BCUT2D eigenvalue weighted by molar-refractivity contribution is 5.98. The second kappa shape index (κ2) is 3.91. The predicted octanol–water partition coefficient (Wildman–Crippen LogP) is 0.548. The molecule has 1 unspecified atom stereocenters. The van der Waals surface area contributed by atoms with Crippen molar-refractivity contribution in [1.29, 1.82) is 5.26 Å². The Balaban J connectivity index is 2.85. The first kappa shape index (κ1) is 7.99. The Morgan fingerprint density at radius 2 is 2.00 bits per heavy atom. The molecule has 0 saturated heterocycles. The Hall–Kier alpha value is -1.11. The lowest BCUT2D eigenvalue weighted by Crippen LogP contribution is -1.97. The van der Waals surface area contributed by atoms with Gasteiger partial charge in [0.05, 0.1) is 6.07 Å². The normalized spacial score (nSPS) is 12.3. The van der Waals surface area contributed by atoms with Gasteiger partial charge in [-0.2, -0.15) is 5.26 Å². The fraction of sp³-hybridized carbons (Fsp3) is 0.125. The van der Waals surface area contributed by atoms with E-state index in [0.29, 0.717) is 10.5 Å². The number of hydrogen-bond donors (Lipinski definition) is 0. The summed E-state index contributed by atoms with van der Waals surface area (Å²) >= 11 is 0. The molecule has 0 aliphatic carbocycles. The van der Waals surface area contributed by atoms with Crippen LogP contribution in [0.4, 0.5) is 0 Å². The predicted molar refractivity (Wildman–Crippen MR) is 45.8 cm³/mol. The summed E-state index contributed by atoms with van der Waals surface area (Å²) in [6, 6.07) is 11.6. The van der Waals surface area contributed by atoms with E-state index in [1.807, 2.05) is 30.3 Å². The highest BCUT2D eigenvalue weighted by Gasteiger charge is 2.05. The van der Waals surface area contributed by atoms with E-state index in [1.165, 1.54) is 0 Å². The number of nitriles is 1. The van der Waals surface area contributed by atoms with Crippen molar-refractivity contribution in [3.05, 3.63) is 35.9 Å². The number of benzene rings is 1. The van der Waals surface area contributed by atoms with E-state index in [1.54, 1.807) is 0 Å². The summed E-state index contributed by atoms with van der Waals surface area (Å²) in [5.74, 6) is 0. The van der Waals surface area contributed by atoms with Crippen LogP contribution in [-0.4, -0.2) is 10.5 Å². The van der Waals surface area contributed by atoms with Gasteiger partial charge in [0.15, 0.2) is 6.10 Å². The largest absolute Gasteiger partial charge is 0.409 e. The molecule has 1 atom stereocenters. The lowest BCUT2D eigenvalue weighted by molar-refractivity contribution is 0.290. The van der Waals surface area contributed by atoms with Crippen LogP contribution in [0.25, 0.3) is 0 Å². The first-order valence-electron chi connectivity index (χ1n) is 3.36. The van der Waals surface area contributed by atoms with Crippen LogP contribution in [0.3, 0.4) is 0 Å². The second-order valence-electron chi connectivity index (χ2n) is 2.16. The van der Waals surface area contributed by atoms with E-state index in [0.717, 1.165) is 5.56 Å². The van der Waals surface area contributed by atoms with Crippen LogP contribution in [0.5, 0.6) is 0 Å². The van der Waals surface area contributed by atoms with Crippen molar-refractivity contribution < 1.29 is 4.43 Å². The molecule has 2 nitrogen and oxygen atoms in total. The third-order valence-corrected chi connectivity index (χ3v) is 1.93. The molecule has 1 aromatic carbocycles. The maximum atomic E-state index is 8.63. The van der Waals surface area contributed by atoms with Crippen molar-refractivity contribution in [3.8, 4) is 6.07 Å². The van der Waals surface area contributed by atoms with E-state index in [2.05, 4.69) is 6.07 Å². The van der Waals surface area contributed by atoms with Crippen molar-refractivity contribution in [3.63, 3.8) is 0 Å². The van der Waals surface area contributed by atoms with E-state index < -0.39 is 0 Å². The summed E-state index contributed by atoms with van der Waals surface area (Å²) in [4.78, 5) is 0. The van der Waals surface area contributed by atoms with Crippen LogP contribution in [0.2, 0.25) is 0 Å². The molecule has 1 rings (SSSR count). The number of rotatable bonds is 2. The molecule has 0 bridgehead atoms. The van der Waals surface area contributed by atoms with Gasteiger partial charge in [-0.05, 0) is 5.56 Å². The lowest BCUT2D eigenvalue weighted by Gasteiger charge is -2.05. The molecule has 0 N–H and O–H groups in total. The smallest absolute Gasteiger partial charge is 0.158 e. The quantitative estimate of drug-likeness (QED) is 0.596. The Kier molecular flexibility index (Phi) is 2.84. The summed E-state index contributed by atoms with van der Waals surface area (Å²) in [5, 5.41) is 8.63. The van der Waals surface area contributed by atoms with Crippen molar-refractivity contribution >= 4 is 10.5 Å². The van der Waals surface area contributed by atoms with Crippen LogP contribution in [0.15, 0.2) is 30.3 Å². The van der Waals surface area contributed by atoms with Crippen LogP contribution in [-0.2, 0) is 4.43 Å². The van der Waals surface area contributed by atoms with Crippen molar-refractivity contribution in [2.24, 2.45) is 0 Å². The fourth-order valence-corrected chi connectivity index (χ4v) is 1.27. The Morgan fingerprint density at radius 3 is 2.45 bits per heavy atom. The van der Waals surface area contributed by atoms with Crippen LogP contribution in [0, 0.1) is 11.3 Å². The van der Waals surface area contributed by atoms with Gasteiger partial charge in [0.2, 0.25) is 0 Å². The monoisotopic (exact) mass is 163 g/mol. The molecule has 11 heavy (non-hydrogen) atoms. The molecule has 56 valence electrons. The van der Waals surface area contributed by atoms with Gasteiger partial charge in [-0.1, -0.05) is 30.3 Å².